The van der Waals surface area contributed by atoms with Crippen molar-refractivity contribution in [3.63, 3.8) is 0 Å². The molecule has 0 bridgehead atoms. The maximum absolute atomic E-state index is 12.4. The summed E-state index contributed by atoms with van der Waals surface area (Å²) in [6, 6.07) is 3.11. The Morgan fingerprint density at radius 1 is 1.42 bits per heavy atom. The third kappa shape index (κ3) is 3.85. The number of aryl methyl sites for hydroxylation is 1. The van der Waals surface area contributed by atoms with E-state index < -0.39 is 11.2 Å². The first kappa shape index (κ1) is 18.2. The van der Waals surface area contributed by atoms with E-state index in [0.717, 1.165) is 11.8 Å². The highest BCUT2D eigenvalue weighted by Crippen LogP contribution is 2.36. The number of carbonyl (C=O) groups is 1. The normalized spacial score (nSPS) is 11.9. The van der Waals surface area contributed by atoms with Crippen molar-refractivity contribution >= 4 is 35.0 Å². The third-order valence-corrected chi connectivity index (χ3v) is 4.62. The number of rotatable bonds is 6. The second kappa shape index (κ2) is 7.63. The summed E-state index contributed by atoms with van der Waals surface area (Å²) in [7, 11) is 4.51. The van der Waals surface area contributed by atoms with Crippen molar-refractivity contribution in [2.24, 2.45) is 7.05 Å². The van der Waals surface area contributed by atoms with Gasteiger partial charge in [-0.2, -0.15) is 0 Å². The van der Waals surface area contributed by atoms with Crippen molar-refractivity contribution in [1.82, 2.24) is 5.27 Å². The van der Waals surface area contributed by atoms with Gasteiger partial charge in [0.15, 0.2) is 13.0 Å². The van der Waals surface area contributed by atoms with Crippen LogP contribution in [0.25, 0.3) is 0 Å². The van der Waals surface area contributed by atoms with Crippen LogP contribution >= 0.6 is 23.4 Å². The molecular weight excluding hydrogens is 358 g/mol. The first-order valence-corrected chi connectivity index (χ1v) is 8.05. The smallest absolute Gasteiger partial charge is 0.291 e. The molecule has 2 aromatic rings. The lowest BCUT2D eigenvalue weighted by molar-refractivity contribution is -0.772. The van der Waals surface area contributed by atoms with Gasteiger partial charge in [-0.1, -0.05) is 16.3 Å². The zero-order valence-electron chi connectivity index (χ0n) is 13.5. The minimum Gasteiger partial charge on any atom is -0.538 e. The van der Waals surface area contributed by atoms with E-state index in [1.54, 1.807) is 20.0 Å². The van der Waals surface area contributed by atoms with E-state index in [1.807, 2.05) is 0 Å². The minimum atomic E-state index is -0.591. The Balaban J connectivity index is 2.15. The zero-order valence-corrected chi connectivity index (χ0v) is 15.0. The summed E-state index contributed by atoms with van der Waals surface area (Å²) in [4.78, 5) is 12.4. The number of amides is 1. The molecule has 0 spiro atoms. The van der Waals surface area contributed by atoms with Gasteiger partial charge in [-0.05, 0) is 24.8 Å². The average molecular weight is 374 g/mol. The third-order valence-electron chi connectivity index (χ3n) is 3.10. The number of halogens is 1. The Kier molecular flexibility index (Phi) is 5.79. The van der Waals surface area contributed by atoms with Crippen molar-refractivity contribution in [2.45, 2.75) is 17.2 Å². The van der Waals surface area contributed by atoms with Gasteiger partial charge in [-0.15, -0.1) is 0 Å². The van der Waals surface area contributed by atoms with Crippen molar-refractivity contribution < 1.29 is 28.6 Å². The largest absolute Gasteiger partial charge is 0.538 e. The van der Waals surface area contributed by atoms with Crippen molar-refractivity contribution in [3.05, 3.63) is 17.2 Å². The van der Waals surface area contributed by atoms with Gasteiger partial charge >= 0.3 is 0 Å². The first-order chi connectivity index (χ1) is 11.4. The molecule has 130 valence electrons. The molecule has 1 heterocycles. The Morgan fingerprint density at radius 2 is 2.08 bits per heavy atom. The number of aromatic nitrogens is 2. The van der Waals surface area contributed by atoms with Gasteiger partial charge in [0.2, 0.25) is 5.91 Å². The number of carbonyl (C=O) groups excluding carboxylic acids is 1. The number of hydrogen-bond acceptors (Lipinski definition) is 7. The quantitative estimate of drug-likeness (QED) is 0.602. The van der Waals surface area contributed by atoms with Crippen LogP contribution in [0.15, 0.2) is 21.7 Å². The molecule has 1 aromatic heterocycles. The summed E-state index contributed by atoms with van der Waals surface area (Å²) in [5.74, 6) is -0.0874. The molecule has 2 rings (SSSR count). The lowest BCUT2D eigenvalue weighted by Gasteiger charge is -2.15. The molecule has 0 aliphatic rings. The van der Waals surface area contributed by atoms with Gasteiger partial charge in [-0.25, -0.2) is 0 Å². The SMILES string of the molecule is COc1cc(OC)c(NC(=O)C(C)Sc2c([O-])on[n+]2C)cc1Cl. The van der Waals surface area contributed by atoms with Crippen LogP contribution in [-0.4, -0.2) is 30.6 Å². The summed E-state index contributed by atoms with van der Waals surface area (Å²) in [5, 5.41) is 17.7. The van der Waals surface area contributed by atoms with Crippen LogP contribution in [0.4, 0.5) is 5.69 Å². The first-order valence-electron chi connectivity index (χ1n) is 6.79. The van der Waals surface area contributed by atoms with E-state index in [1.165, 1.54) is 25.0 Å². The molecule has 0 fully saturated rings. The highest BCUT2D eigenvalue weighted by molar-refractivity contribution is 8.00. The zero-order chi connectivity index (χ0) is 17.9. The van der Waals surface area contributed by atoms with Crippen LogP contribution < -0.4 is 24.6 Å². The van der Waals surface area contributed by atoms with E-state index in [9.17, 15) is 9.90 Å². The maximum Gasteiger partial charge on any atom is 0.291 e. The average Bonchev–Trinajstić information content (AvgIpc) is 2.87. The molecule has 24 heavy (non-hydrogen) atoms. The molecule has 0 saturated heterocycles. The number of thioether (sulfide) groups is 1. The van der Waals surface area contributed by atoms with Gasteiger partial charge in [-0.3, -0.25) is 4.79 Å². The lowest BCUT2D eigenvalue weighted by Crippen LogP contribution is -2.33. The Bertz CT molecular complexity index is 733. The molecule has 1 atom stereocenters. The number of nitrogens with one attached hydrogen (secondary N) is 1. The van der Waals surface area contributed by atoms with Crippen LogP contribution in [0, 0.1) is 0 Å². The van der Waals surface area contributed by atoms with Gasteiger partial charge in [0.05, 0.1) is 35.5 Å². The van der Waals surface area contributed by atoms with Crippen LogP contribution in [0.2, 0.25) is 5.02 Å². The number of nitrogens with zero attached hydrogens (tertiary/aromatic N) is 2. The predicted octanol–water partition coefficient (Wildman–Crippen LogP) is 1.36. The predicted molar refractivity (Wildman–Crippen MR) is 85.6 cm³/mol. The molecule has 1 amide bonds. The van der Waals surface area contributed by atoms with Crippen LogP contribution in [0.3, 0.4) is 0 Å². The van der Waals surface area contributed by atoms with Crippen LogP contribution in [0.1, 0.15) is 6.92 Å². The molecular formula is C14H16ClN3O5S. The maximum atomic E-state index is 12.4. The molecule has 0 aliphatic carbocycles. The molecule has 8 nitrogen and oxygen atoms in total. The second-order valence-electron chi connectivity index (χ2n) is 4.73. The fraction of sp³-hybridized carbons (Fsp3) is 0.357. The van der Waals surface area contributed by atoms with E-state index in [4.69, 9.17) is 21.1 Å². The molecule has 10 heteroatoms. The fourth-order valence-corrected chi connectivity index (χ4v) is 2.91. The number of methoxy groups -OCH3 is 2. The number of benzene rings is 1. The van der Waals surface area contributed by atoms with Crippen molar-refractivity contribution in [1.29, 1.82) is 0 Å². The Hall–Kier alpha value is -2.13. The number of hydrogen-bond donors (Lipinski definition) is 1. The topological polar surface area (TPSA) is 101 Å². The Labute approximate surface area is 147 Å². The molecule has 0 aliphatic heterocycles. The molecule has 0 saturated carbocycles. The molecule has 1 unspecified atom stereocenters. The highest BCUT2D eigenvalue weighted by atomic mass is 35.5. The summed E-state index contributed by atoms with van der Waals surface area (Å²) >= 11 is 7.12. The fourth-order valence-electron chi connectivity index (χ4n) is 1.84. The van der Waals surface area contributed by atoms with Gasteiger partial charge in [0.25, 0.3) is 5.03 Å². The lowest BCUT2D eigenvalue weighted by atomic mass is 10.2. The summed E-state index contributed by atoms with van der Waals surface area (Å²) in [5.41, 5.74) is 0.401. The summed E-state index contributed by atoms with van der Waals surface area (Å²) in [6.07, 6.45) is 0. The van der Waals surface area contributed by atoms with Gasteiger partial charge < -0.3 is 24.4 Å². The van der Waals surface area contributed by atoms with Gasteiger partial charge in [0.1, 0.15) is 11.5 Å². The van der Waals surface area contributed by atoms with Crippen LogP contribution in [0.5, 0.6) is 17.4 Å². The summed E-state index contributed by atoms with van der Waals surface area (Å²) < 4.78 is 16.1. The van der Waals surface area contributed by atoms with E-state index in [2.05, 4.69) is 15.1 Å². The van der Waals surface area contributed by atoms with Crippen LogP contribution in [-0.2, 0) is 11.8 Å². The van der Waals surface area contributed by atoms with E-state index in [0.29, 0.717) is 22.2 Å². The van der Waals surface area contributed by atoms with Crippen molar-refractivity contribution in [2.75, 3.05) is 19.5 Å². The number of anilines is 1. The number of ether oxygens (including phenoxy) is 2. The van der Waals surface area contributed by atoms with E-state index in [-0.39, 0.29) is 10.9 Å². The van der Waals surface area contributed by atoms with Gasteiger partial charge in [0, 0.05) is 6.07 Å². The highest BCUT2D eigenvalue weighted by Gasteiger charge is 2.24. The molecule has 1 aromatic carbocycles. The minimum absolute atomic E-state index is 0.234. The Morgan fingerprint density at radius 3 is 2.62 bits per heavy atom. The molecule has 1 N–H and O–H groups in total. The standard InChI is InChI=1S/C14H16ClN3O5S/c1-7(24-13-14(20)23-17-18(13)2)12(19)16-9-5-8(15)10(21-3)6-11(9)22-4/h5-7H,1-4H3,(H-,16,17,19,20). The van der Waals surface area contributed by atoms with Crippen molar-refractivity contribution in [3.8, 4) is 17.4 Å². The summed E-state index contributed by atoms with van der Waals surface area (Å²) in [6.45, 7) is 1.66. The monoisotopic (exact) mass is 373 g/mol. The molecule has 0 radical (unpaired) electrons. The second-order valence-corrected chi connectivity index (χ2v) is 6.46. The van der Waals surface area contributed by atoms with E-state index >= 15 is 0 Å².